The molecule has 1 aromatic heterocycles. The van der Waals surface area contributed by atoms with Crippen molar-refractivity contribution in [2.75, 3.05) is 0 Å². The summed E-state index contributed by atoms with van der Waals surface area (Å²) in [7, 11) is 0. The predicted molar refractivity (Wildman–Crippen MR) is 55.3 cm³/mol. The van der Waals surface area contributed by atoms with Crippen LogP contribution in [0.1, 0.15) is 31.0 Å². The van der Waals surface area contributed by atoms with Gasteiger partial charge in [-0.05, 0) is 40.9 Å². The largest absolute Gasteiger partial charge is 0.245 e. The monoisotopic (exact) mass is 238 g/mol. The molecule has 0 aliphatic heterocycles. The molecule has 0 amide bonds. The van der Waals surface area contributed by atoms with Crippen molar-refractivity contribution in [2.45, 2.75) is 26.2 Å². The van der Waals surface area contributed by atoms with Crippen LogP contribution < -0.4 is 0 Å². The van der Waals surface area contributed by atoms with Crippen molar-refractivity contribution in [3.8, 4) is 6.07 Å². The second kappa shape index (κ2) is 4.98. The van der Waals surface area contributed by atoms with E-state index < -0.39 is 0 Å². The van der Waals surface area contributed by atoms with E-state index in [1.807, 2.05) is 12.1 Å². The Labute approximate surface area is 86.7 Å². The number of aromatic nitrogens is 1. The Morgan fingerprint density at radius 1 is 1.54 bits per heavy atom. The van der Waals surface area contributed by atoms with Crippen molar-refractivity contribution in [3.63, 3.8) is 0 Å². The molecule has 0 aliphatic carbocycles. The Hall–Kier alpha value is -0.880. The molecule has 1 rings (SSSR count). The van der Waals surface area contributed by atoms with E-state index in [2.05, 4.69) is 33.9 Å². The summed E-state index contributed by atoms with van der Waals surface area (Å²) < 4.78 is 0.656. The van der Waals surface area contributed by atoms with Gasteiger partial charge in [0.1, 0.15) is 10.7 Å². The number of unbranched alkanes of at least 4 members (excludes halogenated alkanes) is 1. The Kier molecular flexibility index (Phi) is 3.91. The van der Waals surface area contributed by atoms with E-state index in [0.717, 1.165) is 18.5 Å². The summed E-state index contributed by atoms with van der Waals surface area (Å²) in [6.07, 6.45) is 3.30. The maximum atomic E-state index is 8.67. The Balaban J connectivity index is 2.79. The molecule has 0 N–H and O–H groups in total. The van der Waals surface area contributed by atoms with E-state index >= 15 is 0 Å². The summed E-state index contributed by atoms with van der Waals surface area (Å²) in [6, 6.07) is 5.79. The highest BCUT2D eigenvalue weighted by Gasteiger charge is 2.01. The highest BCUT2D eigenvalue weighted by atomic mass is 79.9. The van der Waals surface area contributed by atoms with Gasteiger partial charge in [0.15, 0.2) is 0 Å². The van der Waals surface area contributed by atoms with Gasteiger partial charge in [-0.3, -0.25) is 0 Å². The van der Waals surface area contributed by atoms with Gasteiger partial charge in [0.25, 0.3) is 0 Å². The molecule has 1 heterocycles. The lowest BCUT2D eigenvalue weighted by molar-refractivity contribution is 0.774. The van der Waals surface area contributed by atoms with Crippen molar-refractivity contribution in [2.24, 2.45) is 0 Å². The van der Waals surface area contributed by atoms with Crippen molar-refractivity contribution >= 4 is 15.9 Å². The average Bonchev–Trinajstić information content (AvgIpc) is 2.15. The van der Waals surface area contributed by atoms with Gasteiger partial charge < -0.3 is 0 Å². The van der Waals surface area contributed by atoms with Gasteiger partial charge in [-0.25, -0.2) is 4.98 Å². The number of pyridine rings is 1. The number of halogens is 1. The van der Waals surface area contributed by atoms with Gasteiger partial charge in [-0.2, -0.15) is 5.26 Å². The molecule has 0 fully saturated rings. The minimum absolute atomic E-state index is 0.597. The first-order chi connectivity index (χ1) is 6.27. The zero-order valence-corrected chi connectivity index (χ0v) is 9.13. The fourth-order valence-electron chi connectivity index (χ4n) is 1.05. The zero-order chi connectivity index (χ0) is 9.68. The summed E-state index contributed by atoms with van der Waals surface area (Å²) in [6.45, 7) is 2.15. The second-order valence-electron chi connectivity index (χ2n) is 2.86. The van der Waals surface area contributed by atoms with Crippen LogP contribution in [-0.2, 0) is 6.42 Å². The van der Waals surface area contributed by atoms with Crippen molar-refractivity contribution < 1.29 is 0 Å². The third-order valence-electron chi connectivity index (χ3n) is 1.81. The van der Waals surface area contributed by atoms with E-state index in [1.165, 1.54) is 6.42 Å². The van der Waals surface area contributed by atoms with Crippen LogP contribution in [0.2, 0.25) is 0 Å². The number of nitriles is 1. The molecular weight excluding hydrogens is 228 g/mol. The lowest BCUT2D eigenvalue weighted by Gasteiger charge is -2.00. The van der Waals surface area contributed by atoms with Crippen LogP contribution in [0.25, 0.3) is 0 Å². The summed E-state index contributed by atoms with van der Waals surface area (Å²) in [5.41, 5.74) is 1.65. The number of hydrogen-bond donors (Lipinski definition) is 0. The maximum absolute atomic E-state index is 8.67. The molecule has 0 radical (unpaired) electrons. The topological polar surface area (TPSA) is 36.7 Å². The standard InChI is InChI=1S/C10H11BrN2/c1-2-3-4-9-6-5-8(7-12)10(11)13-9/h5-6H,2-4H2,1H3. The van der Waals surface area contributed by atoms with Crippen LogP contribution in [0.5, 0.6) is 0 Å². The SMILES string of the molecule is CCCCc1ccc(C#N)c(Br)n1. The number of nitrogens with zero attached hydrogens (tertiary/aromatic N) is 2. The Morgan fingerprint density at radius 2 is 2.31 bits per heavy atom. The molecule has 2 nitrogen and oxygen atoms in total. The van der Waals surface area contributed by atoms with Gasteiger partial charge in [0, 0.05) is 5.69 Å². The van der Waals surface area contributed by atoms with Crippen LogP contribution in [0.15, 0.2) is 16.7 Å². The van der Waals surface area contributed by atoms with Crippen LogP contribution >= 0.6 is 15.9 Å². The molecule has 68 valence electrons. The highest BCUT2D eigenvalue weighted by Crippen LogP contribution is 2.14. The average molecular weight is 239 g/mol. The number of rotatable bonds is 3. The van der Waals surface area contributed by atoms with Gasteiger partial charge in [-0.1, -0.05) is 13.3 Å². The quantitative estimate of drug-likeness (QED) is 0.760. The molecule has 0 bridgehead atoms. The van der Waals surface area contributed by atoms with Crippen LogP contribution in [0, 0.1) is 11.3 Å². The van der Waals surface area contributed by atoms with E-state index in [4.69, 9.17) is 5.26 Å². The molecule has 13 heavy (non-hydrogen) atoms. The van der Waals surface area contributed by atoms with Crippen molar-refractivity contribution in [3.05, 3.63) is 28.0 Å². The summed E-state index contributed by atoms with van der Waals surface area (Å²) in [4.78, 5) is 4.28. The van der Waals surface area contributed by atoms with Gasteiger partial charge in [-0.15, -0.1) is 0 Å². The maximum Gasteiger partial charge on any atom is 0.124 e. The van der Waals surface area contributed by atoms with Gasteiger partial charge in [0.05, 0.1) is 5.56 Å². The third-order valence-corrected chi connectivity index (χ3v) is 2.42. The van der Waals surface area contributed by atoms with Crippen LogP contribution in [0.4, 0.5) is 0 Å². The fourth-order valence-corrected chi connectivity index (χ4v) is 1.50. The lowest BCUT2D eigenvalue weighted by Crippen LogP contribution is -1.92. The minimum atomic E-state index is 0.597. The molecule has 0 spiro atoms. The van der Waals surface area contributed by atoms with Crippen LogP contribution in [0.3, 0.4) is 0 Å². The first-order valence-corrected chi connectivity index (χ1v) is 5.12. The molecule has 1 aromatic rings. The lowest BCUT2D eigenvalue weighted by atomic mass is 10.2. The van der Waals surface area contributed by atoms with Crippen molar-refractivity contribution in [1.29, 1.82) is 5.26 Å². The molecule has 0 aliphatic rings. The van der Waals surface area contributed by atoms with Crippen LogP contribution in [-0.4, -0.2) is 4.98 Å². The Bertz CT molecular complexity index is 328. The normalized spacial score (nSPS) is 9.62. The summed E-state index contributed by atoms with van der Waals surface area (Å²) in [5, 5.41) is 8.67. The summed E-state index contributed by atoms with van der Waals surface area (Å²) >= 11 is 3.27. The van der Waals surface area contributed by atoms with Crippen molar-refractivity contribution in [1.82, 2.24) is 4.98 Å². The van der Waals surface area contributed by atoms with E-state index in [-0.39, 0.29) is 0 Å². The molecule has 0 saturated carbocycles. The molecule has 0 saturated heterocycles. The van der Waals surface area contributed by atoms with E-state index in [9.17, 15) is 0 Å². The van der Waals surface area contributed by atoms with E-state index in [0.29, 0.717) is 10.2 Å². The predicted octanol–water partition coefficient (Wildman–Crippen LogP) is 3.06. The zero-order valence-electron chi connectivity index (χ0n) is 7.55. The third kappa shape index (κ3) is 2.82. The Morgan fingerprint density at radius 3 is 2.85 bits per heavy atom. The number of aryl methyl sites for hydroxylation is 1. The molecule has 0 atom stereocenters. The highest BCUT2D eigenvalue weighted by molar-refractivity contribution is 9.10. The summed E-state index contributed by atoms with van der Waals surface area (Å²) in [5.74, 6) is 0. The smallest absolute Gasteiger partial charge is 0.124 e. The first kappa shape index (κ1) is 10.2. The second-order valence-corrected chi connectivity index (χ2v) is 3.61. The first-order valence-electron chi connectivity index (χ1n) is 4.33. The molecule has 3 heteroatoms. The van der Waals surface area contributed by atoms with Gasteiger partial charge in [0.2, 0.25) is 0 Å². The molecule has 0 aromatic carbocycles. The van der Waals surface area contributed by atoms with E-state index in [1.54, 1.807) is 0 Å². The minimum Gasteiger partial charge on any atom is -0.245 e. The van der Waals surface area contributed by atoms with Gasteiger partial charge >= 0.3 is 0 Å². The number of hydrogen-bond acceptors (Lipinski definition) is 2. The molecular formula is C10H11BrN2. The fraction of sp³-hybridized carbons (Fsp3) is 0.400. The molecule has 0 unspecified atom stereocenters.